The van der Waals surface area contributed by atoms with Gasteiger partial charge in [-0.05, 0) is 30.0 Å². The molecule has 1 aromatic carbocycles. The van der Waals surface area contributed by atoms with Crippen LogP contribution in [-0.2, 0) is 6.18 Å². The van der Waals surface area contributed by atoms with Crippen molar-refractivity contribution in [3.63, 3.8) is 0 Å². The average Bonchev–Trinajstić information content (AvgIpc) is 2.68. The maximum Gasteiger partial charge on any atom is 0.417 e. The molecule has 0 radical (unpaired) electrons. The van der Waals surface area contributed by atoms with Crippen molar-refractivity contribution in [2.45, 2.75) is 26.4 Å². The van der Waals surface area contributed by atoms with Crippen LogP contribution >= 0.6 is 0 Å². The quantitative estimate of drug-likeness (QED) is 0.763. The molecule has 0 bridgehead atoms. The van der Waals surface area contributed by atoms with Crippen LogP contribution in [0.25, 0.3) is 0 Å². The molecule has 5 heteroatoms. The molecule has 2 rings (SSSR count). The van der Waals surface area contributed by atoms with Crippen molar-refractivity contribution in [2.75, 3.05) is 18.0 Å². The van der Waals surface area contributed by atoms with Gasteiger partial charge in [0.05, 0.1) is 5.56 Å². The van der Waals surface area contributed by atoms with Crippen molar-refractivity contribution in [1.82, 2.24) is 0 Å². The smallest absolute Gasteiger partial charge is 0.371 e. The van der Waals surface area contributed by atoms with E-state index in [-0.39, 0.29) is 17.3 Å². The molecule has 1 heterocycles. The van der Waals surface area contributed by atoms with Gasteiger partial charge in [-0.1, -0.05) is 13.8 Å². The Kier molecular flexibility index (Phi) is 3.32. The summed E-state index contributed by atoms with van der Waals surface area (Å²) in [6.07, 6.45) is -3.30. The van der Waals surface area contributed by atoms with Crippen LogP contribution in [0.3, 0.4) is 0 Å². The Morgan fingerprint density at radius 3 is 2.47 bits per heavy atom. The fourth-order valence-corrected chi connectivity index (χ4v) is 2.42. The van der Waals surface area contributed by atoms with Crippen LogP contribution in [0.2, 0.25) is 0 Å². The van der Waals surface area contributed by atoms with Crippen LogP contribution in [-0.4, -0.2) is 19.4 Å². The van der Waals surface area contributed by atoms with Crippen LogP contribution in [0.4, 0.5) is 18.9 Å². The monoisotopic (exact) mass is 271 g/mol. The summed E-state index contributed by atoms with van der Waals surface area (Å²) in [5, 5.41) is 0. The van der Waals surface area contributed by atoms with Gasteiger partial charge in [-0.3, -0.25) is 4.79 Å². The molecule has 104 valence electrons. The highest BCUT2D eigenvalue weighted by Gasteiger charge is 2.35. The van der Waals surface area contributed by atoms with Gasteiger partial charge >= 0.3 is 6.18 Å². The van der Waals surface area contributed by atoms with E-state index in [2.05, 4.69) is 13.8 Å². The zero-order valence-electron chi connectivity index (χ0n) is 10.9. The van der Waals surface area contributed by atoms with Crippen molar-refractivity contribution >= 4 is 12.0 Å². The maximum atomic E-state index is 12.9. The average molecular weight is 271 g/mol. The number of carbonyl (C=O) groups is 1. The van der Waals surface area contributed by atoms with Gasteiger partial charge in [-0.2, -0.15) is 13.2 Å². The van der Waals surface area contributed by atoms with Crippen LogP contribution in [0.1, 0.15) is 36.2 Å². The summed E-state index contributed by atoms with van der Waals surface area (Å²) in [7, 11) is 0. The summed E-state index contributed by atoms with van der Waals surface area (Å²) in [5.41, 5.74) is -0.523. The number of alkyl halides is 3. The molecule has 19 heavy (non-hydrogen) atoms. The van der Waals surface area contributed by atoms with Crippen LogP contribution in [0.15, 0.2) is 18.2 Å². The standard InChI is InChI=1S/C14H16F3NO/c1-13(2)5-6-18(9-13)11-4-3-10(8-19)12(7-11)14(15,16)17/h3-4,7-8H,5-6,9H2,1-2H3. The minimum absolute atomic E-state index is 0.113. The number of carbonyl (C=O) groups excluding carboxylic acids is 1. The first kappa shape index (κ1) is 13.9. The molecule has 0 unspecified atom stereocenters. The second kappa shape index (κ2) is 4.54. The fraction of sp³-hybridized carbons (Fsp3) is 0.500. The van der Waals surface area contributed by atoms with Gasteiger partial charge < -0.3 is 4.90 Å². The molecule has 1 aromatic rings. The molecule has 0 atom stereocenters. The van der Waals surface area contributed by atoms with Gasteiger partial charge in [0.1, 0.15) is 0 Å². The largest absolute Gasteiger partial charge is 0.417 e. The summed E-state index contributed by atoms with van der Waals surface area (Å²) < 4.78 is 38.6. The predicted octanol–water partition coefficient (Wildman–Crippen LogP) is 3.75. The third-order valence-corrected chi connectivity index (χ3v) is 3.51. The maximum absolute atomic E-state index is 12.9. The number of hydrogen-bond donors (Lipinski definition) is 0. The Morgan fingerprint density at radius 1 is 1.32 bits per heavy atom. The van der Waals surface area contributed by atoms with E-state index in [1.54, 1.807) is 6.07 Å². The zero-order chi connectivity index (χ0) is 14.3. The second-order valence-electron chi connectivity index (χ2n) is 5.72. The van der Waals surface area contributed by atoms with E-state index in [0.717, 1.165) is 25.6 Å². The Hall–Kier alpha value is -1.52. The van der Waals surface area contributed by atoms with Crippen LogP contribution in [0.5, 0.6) is 0 Å². The molecule has 0 aromatic heterocycles. The Bertz CT molecular complexity index is 494. The van der Waals surface area contributed by atoms with Crippen molar-refractivity contribution in [2.24, 2.45) is 5.41 Å². The van der Waals surface area contributed by atoms with Crippen molar-refractivity contribution in [3.8, 4) is 0 Å². The lowest BCUT2D eigenvalue weighted by Gasteiger charge is -2.23. The van der Waals surface area contributed by atoms with Gasteiger partial charge in [0.2, 0.25) is 0 Å². The Labute approximate surface area is 110 Å². The molecular weight excluding hydrogens is 255 g/mol. The van der Waals surface area contributed by atoms with E-state index in [9.17, 15) is 18.0 Å². The molecule has 1 aliphatic rings. The molecule has 0 saturated carbocycles. The van der Waals surface area contributed by atoms with Crippen molar-refractivity contribution in [3.05, 3.63) is 29.3 Å². The number of aldehydes is 1. The van der Waals surface area contributed by atoms with E-state index in [1.807, 2.05) is 4.90 Å². The summed E-state index contributed by atoms with van der Waals surface area (Å²) in [6.45, 7) is 5.66. The Morgan fingerprint density at radius 2 is 2.00 bits per heavy atom. The molecule has 1 fully saturated rings. The molecule has 1 aliphatic heterocycles. The highest BCUT2D eigenvalue weighted by atomic mass is 19.4. The molecule has 2 nitrogen and oxygen atoms in total. The SMILES string of the molecule is CC1(C)CCN(c2ccc(C=O)c(C(F)(F)F)c2)C1. The predicted molar refractivity (Wildman–Crippen MR) is 67.4 cm³/mol. The third kappa shape index (κ3) is 2.91. The van der Waals surface area contributed by atoms with E-state index >= 15 is 0 Å². The lowest BCUT2D eigenvalue weighted by atomic mass is 9.93. The van der Waals surface area contributed by atoms with Crippen molar-refractivity contribution < 1.29 is 18.0 Å². The number of nitrogens with zero attached hydrogens (tertiary/aromatic N) is 1. The third-order valence-electron chi connectivity index (χ3n) is 3.51. The van der Waals surface area contributed by atoms with Gasteiger partial charge in [0.25, 0.3) is 0 Å². The van der Waals surface area contributed by atoms with E-state index in [4.69, 9.17) is 0 Å². The normalized spacial score (nSPS) is 18.7. The first-order valence-electron chi connectivity index (χ1n) is 6.14. The lowest BCUT2D eigenvalue weighted by molar-refractivity contribution is -0.137. The number of anilines is 1. The highest BCUT2D eigenvalue weighted by Crippen LogP contribution is 2.37. The first-order chi connectivity index (χ1) is 8.73. The second-order valence-corrected chi connectivity index (χ2v) is 5.72. The van der Waals surface area contributed by atoms with Crippen molar-refractivity contribution in [1.29, 1.82) is 0 Å². The van der Waals surface area contributed by atoms with E-state index < -0.39 is 11.7 Å². The van der Waals surface area contributed by atoms with Crippen LogP contribution in [0, 0.1) is 5.41 Å². The zero-order valence-corrected chi connectivity index (χ0v) is 10.9. The molecular formula is C14H16F3NO. The van der Waals surface area contributed by atoms with Gasteiger partial charge in [-0.15, -0.1) is 0 Å². The minimum Gasteiger partial charge on any atom is -0.371 e. The molecule has 0 amide bonds. The van der Waals surface area contributed by atoms with E-state index in [0.29, 0.717) is 5.69 Å². The fourth-order valence-electron chi connectivity index (χ4n) is 2.42. The first-order valence-corrected chi connectivity index (χ1v) is 6.14. The van der Waals surface area contributed by atoms with Gasteiger partial charge in [0, 0.05) is 24.3 Å². The Balaban J connectivity index is 2.36. The molecule has 1 saturated heterocycles. The highest BCUT2D eigenvalue weighted by molar-refractivity contribution is 5.79. The van der Waals surface area contributed by atoms with Crippen LogP contribution < -0.4 is 4.90 Å². The lowest BCUT2D eigenvalue weighted by Crippen LogP contribution is -2.23. The van der Waals surface area contributed by atoms with Gasteiger partial charge in [-0.25, -0.2) is 0 Å². The molecule has 0 aliphatic carbocycles. The topological polar surface area (TPSA) is 20.3 Å². The molecule has 0 spiro atoms. The molecule has 0 N–H and O–H groups in total. The van der Waals surface area contributed by atoms with Gasteiger partial charge in [0.15, 0.2) is 6.29 Å². The summed E-state index contributed by atoms with van der Waals surface area (Å²) in [4.78, 5) is 12.6. The number of rotatable bonds is 2. The number of hydrogen-bond acceptors (Lipinski definition) is 2. The summed E-state index contributed by atoms with van der Waals surface area (Å²) >= 11 is 0. The van der Waals surface area contributed by atoms with E-state index in [1.165, 1.54) is 6.07 Å². The number of halogens is 3. The minimum atomic E-state index is -4.50. The number of benzene rings is 1. The summed E-state index contributed by atoms with van der Waals surface area (Å²) in [5.74, 6) is 0. The summed E-state index contributed by atoms with van der Waals surface area (Å²) in [6, 6.07) is 3.90.